The molecule has 0 spiro atoms. The van der Waals surface area contributed by atoms with E-state index >= 15 is 0 Å². The normalized spacial score (nSPS) is 12.4. The van der Waals surface area contributed by atoms with Crippen LogP contribution in [0.5, 0.6) is 0 Å². The molecule has 0 radical (unpaired) electrons. The van der Waals surface area contributed by atoms with Crippen molar-refractivity contribution in [3.05, 3.63) is 63.9 Å². The van der Waals surface area contributed by atoms with Crippen molar-refractivity contribution in [1.29, 1.82) is 0 Å². The summed E-state index contributed by atoms with van der Waals surface area (Å²) in [6.45, 7) is 0. The zero-order chi connectivity index (χ0) is 19.1. The molecule has 3 rings (SSSR count). The maximum absolute atomic E-state index is 13.2. The van der Waals surface area contributed by atoms with Crippen molar-refractivity contribution in [2.75, 3.05) is 0 Å². The standard InChI is InChI=1S/C16H8F6IN3/c17-15(18,19)11-3-1-9(2-4-11)10-5-12(16(20,21)22)25-14(6-10)26-7-13(23)24-8-26/h1-8H. The molecule has 0 saturated carbocycles. The van der Waals surface area contributed by atoms with Crippen LogP contribution in [0.25, 0.3) is 16.9 Å². The Morgan fingerprint density at radius 1 is 0.846 bits per heavy atom. The van der Waals surface area contributed by atoms with Gasteiger partial charge in [0.25, 0.3) is 0 Å². The Morgan fingerprint density at radius 3 is 2.00 bits per heavy atom. The molecule has 0 aliphatic rings. The van der Waals surface area contributed by atoms with Crippen molar-refractivity contribution >= 4 is 22.6 Å². The van der Waals surface area contributed by atoms with Crippen LogP contribution in [0.1, 0.15) is 11.3 Å². The molecule has 2 aromatic heterocycles. The van der Waals surface area contributed by atoms with Crippen LogP contribution in [-0.4, -0.2) is 14.5 Å². The minimum Gasteiger partial charge on any atom is -0.289 e. The summed E-state index contributed by atoms with van der Waals surface area (Å²) in [5.41, 5.74) is -1.72. The van der Waals surface area contributed by atoms with Gasteiger partial charge in [-0.25, -0.2) is 9.97 Å². The first-order valence-corrected chi connectivity index (χ1v) is 8.09. The van der Waals surface area contributed by atoms with E-state index in [1.807, 2.05) is 22.6 Å². The van der Waals surface area contributed by atoms with Gasteiger partial charge >= 0.3 is 12.4 Å². The molecule has 0 atom stereocenters. The highest BCUT2D eigenvalue weighted by Gasteiger charge is 2.34. The summed E-state index contributed by atoms with van der Waals surface area (Å²) in [5, 5.41) is 0. The minimum atomic E-state index is -4.70. The molecule has 0 aliphatic carbocycles. The lowest BCUT2D eigenvalue weighted by Gasteiger charge is -2.12. The van der Waals surface area contributed by atoms with E-state index in [9.17, 15) is 26.3 Å². The Hall–Kier alpha value is -2.11. The highest BCUT2D eigenvalue weighted by atomic mass is 127. The van der Waals surface area contributed by atoms with E-state index in [2.05, 4.69) is 9.97 Å². The van der Waals surface area contributed by atoms with Crippen LogP contribution in [0.15, 0.2) is 48.9 Å². The molecule has 26 heavy (non-hydrogen) atoms. The number of benzene rings is 1. The number of nitrogens with zero attached hydrogens (tertiary/aromatic N) is 3. The second kappa shape index (κ2) is 6.56. The van der Waals surface area contributed by atoms with E-state index in [-0.39, 0.29) is 16.9 Å². The summed E-state index contributed by atoms with van der Waals surface area (Å²) < 4.78 is 79.3. The van der Waals surface area contributed by atoms with Crippen molar-refractivity contribution in [1.82, 2.24) is 14.5 Å². The fourth-order valence-corrected chi connectivity index (χ4v) is 2.66. The van der Waals surface area contributed by atoms with E-state index in [0.717, 1.165) is 30.3 Å². The monoisotopic (exact) mass is 483 g/mol. The second-order valence-electron chi connectivity index (χ2n) is 5.28. The van der Waals surface area contributed by atoms with Gasteiger partial charge in [-0.3, -0.25) is 4.57 Å². The summed E-state index contributed by atoms with van der Waals surface area (Å²) in [6, 6.07) is 6.05. The number of pyridine rings is 1. The molecule has 1 aromatic carbocycles. The van der Waals surface area contributed by atoms with Crippen LogP contribution in [-0.2, 0) is 12.4 Å². The Morgan fingerprint density at radius 2 is 1.50 bits per heavy atom. The summed E-state index contributed by atoms with van der Waals surface area (Å²) in [7, 11) is 0. The van der Waals surface area contributed by atoms with Gasteiger partial charge in [0.2, 0.25) is 0 Å². The SMILES string of the molecule is FC(F)(F)c1ccc(-c2cc(-n3cnc(I)c3)nc(C(F)(F)F)c2)cc1. The molecule has 3 aromatic rings. The van der Waals surface area contributed by atoms with Gasteiger partial charge in [-0.15, -0.1) is 0 Å². The first kappa shape index (κ1) is 18.7. The van der Waals surface area contributed by atoms with E-state index in [1.165, 1.54) is 23.2 Å². The largest absolute Gasteiger partial charge is 0.433 e. The molecule has 0 aliphatic heterocycles. The smallest absolute Gasteiger partial charge is 0.289 e. The Labute approximate surface area is 156 Å². The topological polar surface area (TPSA) is 30.7 Å². The first-order valence-electron chi connectivity index (χ1n) is 7.01. The van der Waals surface area contributed by atoms with Crippen LogP contribution in [0.3, 0.4) is 0 Å². The summed E-state index contributed by atoms with van der Waals surface area (Å²) >= 11 is 1.89. The lowest BCUT2D eigenvalue weighted by Crippen LogP contribution is -2.10. The molecule has 10 heteroatoms. The van der Waals surface area contributed by atoms with Crippen LogP contribution in [0, 0.1) is 3.70 Å². The van der Waals surface area contributed by atoms with Gasteiger partial charge in [0.15, 0.2) is 0 Å². The summed E-state index contributed by atoms with van der Waals surface area (Å²) in [4.78, 5) is 7.51. The highest BCUT2D eigenvalue weighted by molar-refractivity contribution is 14.1. The predicted molar refractivity (Wildman–Crippen MR) is 89.5 cm³/mol. The van der Waals surface area contributed by atoms with Gasteiger partial charge in [-0.05, 0) is 58.0 Å². The molecular formula is C16H8F6IN3. The fourth-order valence-electron chi connectivity index (χ4n) is 2.24. The highest BCUT2D eigenvalue weighted by Crippen LogP contribution is 2.34. The van der Waals surface area contributed by atoms with Gasteiger partial charge in [-0.1, -0.05) is 12.1 Å². The number of aromatic nitrogens is 3. The zero-order valence-corrected chi connectivity index (χ0v) is 14.8. The molecule has 3 nitrogen and oxygen atoms in total. The van der Waals surface area contributed by atoms with E-state index < -0.39 is 23.6 Å². The van der Waals surface area contributed by atoms with Crippen LogP contribution in [0.2, 0.25) is 0 Å². The lowest BCUT2D eigenvalue weighted by atomic mass is 10.0. The van der Waals surface area contributed by atoms with Crippen molar-refractivity contribution in [2.24, 2.45) is 0 Å². The third kappa shape index (κ3) is 4.00. The summed E-state index contributed by atoms with van der Waals surface area (Å²) in [6.07, 6.45) is -6.43. The molecule has 0 saturated heterocycles. The van der Waals surface area contributed by atoms with Gasteiger partial charge < -0.3 is 0 Å². The Balaban J connectivity index is 2.11. The van der Waals surface area contributed by atoms with Crippen molar-refractivity contribution in [3.63, 3.8) is 0 Å². The molecule has 0 bridgehead atoms. The van der Waals surface area contributed by atoms with Crippen molar-refractivity contribution in [2.45, 2.75) is 12.4 Å². The predicted octanol–water partition coefficient (Wildman–Crippen LogP) is 5.58. The molecular weight excluding hydrogens is 475 g/mol. The van der Waals surface area contributed by atoms with Gasteiger partial charge in [0, 0.05) is 6.20 Å². The molecule has 0 unspecified atom stereocenters. The number of imidazole rings is 1. The van der Waals surface area contributed by atoms with Gasteiger partial charge in [0.1, 0.15) is 21.5 Å². The van der Waals surface area contributed by atoms with E-state index in [0.29, 0.717) is 3.70 Å². The van der Waals surface area contributed by atoms with Crippen molar-refractivity contribution in [3.8, 4) is 16.9 Å². The number of hydrogen-bond donors (Lipinski definition) is 0. The maximum atomic E-state index is 13.2. The molecule has 0 fully saturated rings. The fraction of sp³-hybridized carbons (Fsp3) is 0.125. The number of alkyl halides is 6. The molecule has 0 amide bonds. The first-order chi connectivity index (χ1) is 12.0. The Kier molecular flexibility index (Phi) is 4.71. The third-order valence-electron chi connectivity index (χ3n) is 3.46. The average molecular weight is 483 g/mol. The minimum absolute atomic E-state index is 0.0369. The maximum Gasteiger partial charge on any atom is 0.433 e. The molecule has 0 N–H and O–H groups in total. The molecule has 2 heterocycles. The van der Waals surface area contributed by atoms with E-state index in [1.54, 1.807) is 0 Å². The van der Waals surface area contributed by atoms with Crippen LogP contribution >= 0.6 is 22.6 Å². The molecule has 136 valence electrons. The number of halogens is 7. The lowest BCUT2D eigenvalue weighted by molar-refractivity contribution is -0.141. The third-order valence-corrected chi connectivity index (χ3v) is 4.02. The number of hydrogen-bond acceptors (Lipinski definition) is 2. The van der Waals surface area contributed by atoms with Gasteiger partial charge in [0.05, 0.1) is 5.56 Å². The average Bonchev–Trinajstić information content (AvgIpc) is 2.99. The zero-order valence-electron chi connectivity index (χ0n) is 12.6. The van der Waals surface area contributed by atoms with Crippen molar-refractivity contribution < 1.29 is 26.3 Å². The van der Waals surface area contributed by atoms with Crippen LogP contribution < -0.4 is 0 Å². The quantitative estimate of drug-likeness (QED) is 0.352. The van der Waals surface area contributed by atoms with E-state index in [4.69, 9.17) is 0 Å². The number of rotatable bonds is 2. The van der Waals surface area contributed by atoms with Gasteiger partial charge in [-0.2, -0.15) is 26.3 Å². The second-order valence-corrected chi connectivity index (χ2v) is 6.38. The Bertz CT molecular complexity index is 928. The summed E-state index contributed by atoms with van der Waals surface area (Å²) in [5.74, 6) is -0.0369. The van der Waals surface area contributed by atoms with Crippen LogP contribution in [0.4, 0.5) is 26.3 Å².